The third-order valence-corrected chi connectivity index (χ3v) is 2.97. The second kappa shape index (κ2) is 4.00. The number of rotatable bonds is 1. The molecule has 14 heavy (non-hydrogen) atoms. The van der Waals surface area contributed by atoms with Crippen molar-refractivity contribution in [2.24, 2.45) is 0 Å². The van der Waals surface area contributed by atoms with Gasteiger partial charge in [-0.1, -0.05) is 11.6 Å². The van der Waals surface area contributed by atoms with E-state index in [1.807, 2.05) is 24.3 Å². The summed E-state index contributed by atoms with van der Waals surface area (Å²) in [6.07, 6.45) is 0. The van der Waals surface area contributed by atoms with Gasteiger partial charge in [-0.2, -0.15) is 0 Å². The zero-order valence-electron chi connectivity index (χ0n) is 7.17. The minimum absolute atomic E-state index is 0.0761. The molecule has 1 heterocycles. The second-order valence-corrected chi connectivity index (χ2v) is 4.54. The zero-order valence-corrected chi connectivity index (χ0v) is 10.1. The minimum atomic E-state index is -0.0761. The normalized spacial score (nSPS) is 10.8. The van der Waals surface area contributed by atoms with Crippen LogP contribution in [0.25, 0.3) is 10.9 Å². The van der Waals surface area contributed by atoms with Crippen LogP contribution in [0.5, 0.6) is 0 Å². The van der Waals surface area contributed by atoms with Crippen molar-refractivity contribution in [2.45, 2.75) is 6.61 Å². The first-order valence-electron chi connectivity index (χ1n) is 4.06. The molecule has 0 aliphatic carbocycles. The van der Waals surface area contributed by atoms with Crippen molar-refractivity contribution in [3.63, 3.8) is 0 Å². The summed E-state index contributed by atoms with van der Waals surface area (Å²) >= 11 is 8.11. The number of benzene rings is 1. The number of halogens is 2. The average molecular weight is 320 g/mol. The van der Waals surface area contributed by atoms with Gasteiger partial charge in [-0.15, -0.1) is 0 Å². The average Bonchev–Trinajstić information content (AvgIpc) is 2.17. The molecule has 2 nitrogen and oxygen atoms in total. The fourth-order valence-electron chi connectivity index (χ4n) is 1.28. The van der Waals surface area contributed by atoms with E-state index in [1.165, 1.54) is 0 Å². The van der Waals surface area contributed by atoms with Gasteiger partial charge in [-0.25, -0.2) is 4.98 Å². The fraction of sp³-hybridized carbons (Fsp3) is 0.100. The summed E-state index contributed by atoms with van der Waals surface area (Å²) in [5.41, 5.74) is 1.52. The molecule has 0 saturated carbocycles. The SMILES string of the molecule is OCc1cc2cc(I)ccc2nc1Cl. The van der Waals surface area contributed by atoms with Crippen LogP contribution in [-0.2, 0) is 6.61 Å². The quantitative estimate of drug-likeness (QED) is 0.647. The predicted molar refractivity (Wildman–Crippen MR) is 65.4 cm³/mol. The Kier molecular flexibility index (Phi) is 2.90. The Bertz CT molecular complexity index is 487. The lowest BCUT2D eigenvalue weighted by Crippen LogP contribution is -1.90. The van der Waals surface area contributed by atoms with Crippen molar-refractivity contribution in [1.82, 2.24) is 4.98 Å². The number of nitrogens with zero attached hydrogens (tertiary/aromatic N) is 1. The zero-order chi connectivity index (χ0) is 10.1. The molecule has 0 aliphatic heterocycles. The van der Waals surface area contributed by atoms with E-state index in [1.54, 1.807) is 0 Å². The van der Waals surface area contributed by atoms with Crippen molar-refractivity contribution >= 4 is 45.1 Å². The molecular formula is C10H7ClINO. The van der Waals surface area contributed by atoms with Crippen LogP contribution in [0.2, 0.25) is 5.15 Å². The van der Waals surface area contributed by atoms with Crippen molar-refractivity contribution in [3.8, 4) is 0 Å². The van der Waals surface area contributed by atoms with Crippen LogP contribution >= 0.6 is 34.2 Å². The Hall–Kier alpha value is -0.390. The van der Waals surface area contributed by atoms with E-state index >= 15 is 0 Å². The number of hydrogen-bond donors (Lipinski definition) is 1. The van der Waals surface area contributed by atoms with E-state index in [0.29, 0.717) is 10.7 Å². The summed E-state index contributed by atoms with van der Waals surface area (Å²) in [6, 6.07) is 7.78. The summed E-state index contributed by atoms with van der Waals surface area (Å²) < 4.78 is 1.14. The molecule has 0 radical (unpaired) electrons. The molecule has 2 aromatic rings. The van der Waals surface area contributed by atoms with Crippen LogP contribution in [0.3, 0.4) is 0 Å². The largest absolute Gasteiger partial charge is 0.392 e. The molecule has 0 spiro atoms. The molecule has 0 unspecified atom stereocenters. The predicted octanol–water partition coefficient (Wildman–Crippen LogP) is 2.99. The number of pyridine rings is 1. The van der Waals surface area contributed by atoms with Crippen molar-refractivity contribution in [3.05, 3.63) is 38.6 Å². The summed E-state index contributed by atoms with van der Waals surface area (Å²) in [5, 5.41) is 10.4. The maximum Gasteiger partial charge on any atom is 0.135 e. The molecule has 1 aromatic heterocycles. The van der Waals surface area contributed by atoms with E-state index in [4.69, 9.17) is 16.7 Å². The first-order valence-corrected chi connectivity index (χ1v) is 5.52. The van der Waals surface area contributed by atoms with Gasteiger partial charge in [0, 0.05) is 14.5 Å². The third kappa shape index (κ3) is 1.85. The topological polar surface area (TPSA) is 33.1 Å². The van der Waals surface area contributed by atoms with Crippen molar-refractivity contribution < 1.29 is 5.11 Å². The van der Waals surface area contributed by atoms with Gasteiger partial charge in [-0.05, 0) is 46.9 Å². The van der Waals surface area contributed by atoms with E-state index in [0.717, 1.165) is 14.5 Å². The van der Waals surface area contributed by atoms with Crippen molar-refractivity contribution in [1.29, 1.82) is 0 Å². The molecule has 4 heteroatoms. The number of aliphatic hydroxyl groups is 1. The van der Waals surface area contributed by atoms with Crippen LogP contribution in [0.1, 0.15) is 5.56 Å². The van der Waals surface area contributed by atoms with Crippen LogP contribution in [0.15, 0.2) is 24.3 Å². The maximum absolute atomic E-state index is 9.02. The third-order valence-electron chi connectivity index (χ3n) is 1.97. The molecular weight excluding hydrogens is 312 g/mol. The van der Waals surface area contributed by atoms with Gasteiger partial charge in [0.2, 0.25) is 0 Å². The van der Waals surface area contributed by atoms with Crippen LogP contribution in [0, 0.1) is 3.57 Å². The molecule has 0 saturated heterocycles. The van der Waals surface area contributed by atoms with Crippen LogP contribution in [0.4, 0.5) is 0 Å². The Morgan fingerprint density at radius 2 is 2.14 bits per heavy atom. The Labute approximate surface area is 100 Å². The first kappa shape index (κ1) is 10.1. The lowest BCUT2D eigenvalue weighted by atomic mass is 10.2. The Morgan fingerprint density at radius 1 is 1.36 bits per heavy atom. The van der Waals surface area contributed by atoms with Gasteiger partial charge in [-0.3, -0.25) is 0 Å². The van der Waals surface area contributed by atoms with E-state index in [2.05, 4.69) is 27.6 Å². The highest BCUT2D eigenvalue weighted by Gasteiger charge is 2.03. The van der Waals surface area contributed by atoms with Crippen LogP contribution in [-0.4, -0.2) is 10.1 Å². The lowest BCUT2D eigenvalue weighted by Gasteiger charge is -2.03. The smallest absolute Gasteiger partial charge is 0.135 e. The highest BCUT2D eigenvalue weighted by Crippen LogP contribution is 2.22. The summed E-state index contributed by atoms with van der Waals surface area (Å²) in [6.45, 7) is -0.0761. The summed E-state index contributed by atoms with van der Waals surface area (Å²) in [5.74, 6) is 0. The number of aromatic nitrogens is 1. The van der Waals surface area contributed by atoms with Gasteiger partial charge < -0.3 is 5.11 Å². The number of fused-ring (bicyclic) bond motifs is 1. The van der Waals surface area contributed by atoms with Gasteiger partial charge in [0.25, 0.3) is 0 Å². The monoisotopic (exact) mass is 319 g/mol. The van der Waals surface area contributed by atoms with Gasteiger partial charge in [0.15, 0.2) is 0 Å². The van der Waals surface area contributed by atoms with E-state index in [9.17, 15) is 0 Å². The minimum Gasteiger partial charge on any atom is -0.392 e. The molecule has 0 aliphatic rings. The van der Waals surface area contributed by atoms with Crippen LogP contribution < -0.4 is 0 Å². The Morgan fingerprint density at radius 3 is 2.86 bits per heavy atom. The van der Waals surface area contributed by atoms with Gasteiger partial charge in [0.1, 0.15) is 5.15 Å². The molecule has 2 rings (SSSR count). The Balaban J connectivity index is 2.73. The van der Waals surface area contributed by atoms with E-state index in [-0.39, 0.29) is 6.61 Å². The summed E-state index contributed by atoms with van der Waals surface area (Å²) in [4.78, 5) is 4.19. The highest BCUT2D eigenvalue weighted by atomic mass is 127. The van der Waals surface area contributed by atoms with Crippen molar-refractivity contribution in [2.75, 3.05) is 0 Å². The molecule has 0 fully saturated rings. The molecule has 72 valence electrons. The lowest BCUT2D eigenvalue weighted by molar-refractivity contribution is 0.281. The highest BCUT2D eigenvalue weighted by molar-refractivity contribution is 14.1. The maximum atomic E-state index is 9.02. The first-order chi connectivity index (χ1) is 6.70. The second-order valence-electron chi connectivity index (χ2n) is 2.93. The number of aliphatic hydroxyl groups excluding tert-OH is 1. The molecule has 1 N–H and O–H groups in total. The molecule has 0 amide bonds. The molecule has 0 bridgehead atoms. The van der Waals surface area contributed by atoms with Gasteiger partial charge in [0.05, 0.1) is 12.1 Å². The fourth-order valence-corrected chi connectivity index (χ4v) is 2.00. The summed E-state index contributed by atoms with van der Waals surface area (Å²) in [7, 11) is 0. The van der Waals surface area contributed by atoms with Gasteiger partial charge >= 0.3 is 0 Å². The standard InChI is InChI=1S/C10H7ClINO/c11-10-7(5-14)3-6-4-8(12)1-2-9(6)13-10/h1-4,14H,5H2. The number of hydrogen-bond acceptors (Lipinski definition) is 2. The molecule has 1 aromatic carbocycles. The van der Waals surface area contributed by atoms with E-state index < -0.39 is 0 Å². The molecule has 0 atom stereocenters.